The van der Waals surface area contributed by atoms with Crippen LogP contribution in [-0.4, -0.2) is 37.2 Å². The van der Waals surface area contributed by atoms with Crippen LogP contribution in [0, 0.1) is 11.3 Å². The van der Waals surface area contributed by atoms with Gasteiger partial charge in [0.2, 0.25) is 0 Å². The maximum Gasteiger partial charge on any atom is 0.0991 e. The molecule has 0 radical (unpaired) electrons. The van der Waals surface area contributed by atoms with Crippen molar-refractivity contribution in [3.05, 3.63) is 67.6 Å². The molecule has 28 heavy (non-hydrogen) atoms. The van der Waals surface area contributed by atoms with Crippen molar-refractivity contribution in [2.24, 2.45) is 0 Å². The predicted molar refractivity (Wildman–Crippen MR) is 117 cm³/mol. The minimum atomic E-state index is 0.122. The Balaban J connectivity index is 1.60. The van der Waals surface area contributed by atoms with Crippen molar-refractivity contribution in [3.63, 3.8) is 0 Å². The first kappa shape index (κ1) is 20.1. The van der Waals surface area contributed by atoms with Crippen LogP contribution in [-0.2, 0) is 17.8 Å². The van der Waals surface area contributed by atoms with E-state index in [1.165, 1.54) is 11.1 Å². The zero-order valence-electron chi connectivity index (χ0n) is 15.6. The molecular weight excluding hydrogens is 482 g/mol. The number of fused-ring (bicyclic) bond motifs is 1. The summed E-state index contributed by atoms with van der Waals surface area (Å²) < 4.78 is 8.58. The number of nitrogens with one attached hydrogen (secondary N) is 1. The maximum atomic E-state index is 9.39. The monoisotopic (exact) mass is 503 g/mol. The van der Waals surface area contributed by atoms with Crippen LogP contribution in [0.2, 0.25) is 0 Å². The van der Waals surface area contributed by atoms with Gasteiger partial charge in [-0.2, -0.15) is 5.26 Å². The van der Waals surface area contributed by atoms with Crippen LogP contribution >= 0.6 is 31.9 Å². The number of ether oxygens (including phenoxy) is 1. The molecule has 2 aliphatic rings. The predicted octanol–water partition coefficient (Wildman–Crippen LogP) is 4.56. The van der Waals surface area contributed by atoms with Crippen LogP contribution in [0.25, 0.3) is 0 Å². The molecule has 0 saturated carbocycles. The van der Waals surface area contributed by atoms with Gasteiger partial charge in [-0.25, -0.2) is 0 Å². The number of nitriles is 1. The van der Waals surface area contributed by atoms with Crippen LogP contribution < -0.4 is 5.32 Å². The van der Waals surface area contributed by atoms with E-state index < -0.39 is 0 Å². The number of hydrogen-bond acceptors (Lipinski definition) is 4. The van der Waals surface area contributed by atoms with E-state index in [0.717, 1.165) is 59.1 Å². The van der Waals surface area contributed by atoms with E-state index in [-0.39, 0.29) is 12.1 Å². The Hall–Kier alpha value is -1.23. The van der Waals surface area contributed by atoms with Gasteiger partial charge < -0.3 is 10.1 Å². The Morgan fingerprint density at radius 1 is 1.11 bits per heavy atom. The first-order valence-corrected chi connectivity index (χ1v) is 11.3. The van der Waals surface area contributed by atoms with Crippen molar-refractivity contribution in [2.75, 3.05) is 26.2 Å². The molecule has 1 N–H and O–H groups in total. The van der Waals surface area contributed by atoms with Gasteiger partial charge in [-0.3, -0.25) is 4.90 Å². The van der Waals surface area contributed by atoms with Gasteiger partial charge in [0.05, 0.1) is 30.4 Å². The van der Waals surface area contributed by atoms with Crippen molar-refractivity contribution in [1.82, 2.24) is 10.2 Å². The number of halogens is 2. The van der Waals surface area contributed by atoms with E-state index in [2.05, 4.69) is 72.4 Å². The van der Waals surface area contributed by atoms with Crippen molar-refractivity contribution in [3.8, 4) is 6.07 Å². The third-order valence-corrected chi connectivity index (χ3v) is 6.49. The molecule has 2 atom stereocenters. The number of piperazine rings is 1. The summed E-state index contributed by atoms with van der Waals surface area (Å²) in [4.78, 5) is 2.52. The summed E-state index contributed by atoms with van der Waals surface area (Å²) in [5.41, 5.74) is 4.51. The van der Waals surface area contributed by atoms with Crippen LogP contribution in [0.4, 0.5) is 0 Å². The first-order valence-electron chi connectivity index (χ1n) is 9.68. The molecule has 4 nitrogen and oxygen atoms in total. The number of hydrogen-bond donors (Lipinski definition) is 1. The molecule has 1 fully saturated rings. The second-order valence-corrected chi connectivity index (χ2v) is 9.25. The summed E-state index contributed by atoms with van der Waals surface area (Å²) in [6.07, 6.45) is 2.12. The van der Waals surface area contributed by atoms with Crippen molar-refractivity contribution in [1.29, 1.82) is 5.26 Å². The van der Waals surface area contributed by atoms with Crippen LogP contribution in [0.5, 0.6) is 0 Å². The van der Waals surface area contributed by atoms with Gasteiger partial charge in [-0.05, 0) is 59.9 Å². The summed E-state index contributed by atoms with van der Waals surface area (Å²) in [5, 5.41) is 12.8. The summed E-state index contributed by atoms with van der Waals surface area (Å²) >= 11 is 7.12. The van der Waals surface area contributed by atoms with Gasteiger partial charge in [0.1, 0.15) is 0 Å². The van der Waals surface area contributed by atoms with Gasteiger partial charge in [0, 0.05) is 35.1 Å². The first-order chi connectivity index (χ1) is 13.6. The highest BCUT2D eigenvalue weighted by Gasteiger charge is 2.35. The van der Waals surface area contributed by atoms with Gasteiger partial charge in [-0.15, -0.1) is 0 Å². The van der Waals surface area contributed by atoms with E-state index in [0.29, 0.717) is 6.61 Å². The van der Waals surface area contributed by atoms with Crippen LogP contribution in [0.1, 0.15) is 34.7 Å². The van der Waals surface area contributed by atoms with E-state index in [1.807, 2.05) is 12.1 Å². The fraction of sp³-hybridized carbons (Fsp3) is 0.409. The molecule has 1 heterocycles. The highest BCUT2D eigenvalue weighted by atomic mass is 79.9. The molecule has 1 saturated heterocycles. The van der Waals surface area contributed by atoms with E-state index >= 15 is 0 Å². The highest BCUT2D eigenvalue weighted by Crippen LogP contribution is 2.37. The second kappa shape index (κ2) is 9.06. The molecule has 0 spiro atoms. The smallest absolute Gasteiger partial charge is 0.0991 e. The van der Waals surface area contributed by atoms with E-state index in [1.54, 1.807) is 0 Å². The summed E-state index contributed by atoms with van der Waals surface area (Å²) in [5.74, 6) is 0. The van der Waals surface area contributed by atoms with Crippen molar-refractivity contribution < 1.29 is 4.74 Å². The maximum absolute atomic E-state index is 9.39. The molecule has 6 heteroatoms. The lowest BCUT2D eigenvalue weighted by Crippen LogP contribution is -2.49. The van der Waals surface area contributed by atoms with Crippen LogP contribution in [0.3, 0.4) is 0 Å². The van der Waals surface area contributed by atoms with Crippen molar-refractivity contribution in [2.45, 2.75) is 31.6 Å². The van der Waals surface area contributed by atoms with Crippen LogP contribution in [0.15, 0.2) is 45.3 Å². The summed E-state index contributed by atoms with van der Waals surface area (Å²) in [7, 11) is 0. The lowest BCUT2D eigenvalue weighted by Gasteiger charge is -2.42. The molecule has 1 aliphatic heterocycles. The fourth-order valence-corrected chi connectivity index (χ4v) is 5.68. The molecule has 1 aliphatic carbocycles. The second-order valence-electron chi connectivity index (χ2n) is 7.42. The van der Waals surface area contributed by atoms with E-state index in [9.17, 15) is 5.26 Å². The molecule has 4 rings (SSSR count). The minimum absolute atomic E-state index is 0.122. The highest BCUT2D eigenvalue weighted by molar-refractivity contribution is 9.11. The molecule has 0 unspecified atom stereocenters. The van der Waals surface area contributed by atoms with Gasteiger partial charge in [0.25, 0.3) is 0 Å². The molecule has 146 valence electrons. The van der Waals surface area contributed by atoms with Gasteiger partial charge in [-0.1, -0.05) is 37.9 Å². The lowest BCUT2D eigenvalue weighted by molar-refractivity contribution is -0.0378. The molecule has 0 aromatic heterocycles. The average Bonchev–Trinajstić information content (AvgIpc) is 2.71. The summed E-state index contributed by atoms with van der Waals surface area (Å²) in [6.45, 7) is 4.58. The minimum Gasteiger partial charge on any atom is -0.372 e. The third-order valence-electron chi connectivity index (χ3n) is 5.58. The largest absolute Gasteiger partial charge is 0.372 e. The number of benzene rings is 2. The third kappa shape index (κ3) is 4.50. The van der Waals surface area contributed by atoms with E-state index in [4.69, 9.17) is 4.74 Å². The van der Waals surface area contributed by atoms with Crippen molar-refractivity contribution >= 4 is 31.9 Å². The zero-order chi connectivity index (χ0) is 19.5. The Morgan fingerprint density at radius 3 is 2.57 bits per heavy atom. The Labute approximate surface area is 183 Å². The summed E-state index contributed by atoms with van der Waals surface area (Å²) in [6, 6.07) is 14.9. The molecular formula is C22H23Br2N3O. The molecule has 0 bridgehead atoms. The Morgan fingerprint density at radius 2 is 1.86 bits per heavy atom. The molecule has 2 aromatic carbocycles. The number of nitrogens with zero attached hydrogens (tertiary/aromatic N) is 2. The van der Waals surface area contributed by atoms with Gasteiger partial charge in [0.15, 0.2) is 0 Å². The lowest BCUT2D eigenvalue weighted by atomic mass is 9.83. The molecule has 0 amide bonds. The quantitative estimate of drug-likeness (QED) is 0.663. The Kier molecular flexibility index (Phi) is 6.49. The number of rotatable bonds is 4. The molecule has 2 aromatic rings. The fourth-order valence-electron chi connectivity index (χ4n) is 4.29. The number of aryl methyl sites for hydroxylation is 1. The average molecular weight is 505 g/mol. The standard InChI is InChI=1S/C22H23Br2N3O/c23-18-9-16(10-19(24)12-18)14-28-21-4-3-17-2-1-15(13-25)11-20(17)22(21)27-7-5-26-6-8-27/h1-2,9-12,21-22,26H,3-8,14H2/t21-,22-/m1/s1. The SMILES string of the molecule is N#Cc1ccc2c(c1)[C@@H](N1CCNCC1)[C@H](OCc1cc(Br)cc(Br)c1)CC2. The zero-order valence-corrected chi connectivity index (χ0v) is 18.8. The van der Waals surface area contributed by atoms with Gasteiger partial charge >= 0.3 is 0 Å². The Bertz CT molecular complexity index is 870. The topological polar surface area (TPSA) is 48.3 Å². The normalized spacial score (nSPS) is 22.5.